The van der Waals surface area contributed by atoms with Gasteiger partial charge in [-0.05, 0) is 48.9 Å². The van der Waals surface area contributed by atoms with Gasteiger partial charge >= 0.3 is 5.97 Å². The molecule has 7 nitrogen and oxygen atoms in total. The molecule has 0 aromatic heterocycles. The summed E-state index contributed by atoms with van der Waals surface area (Å²) < 4.78 is 11.4. The molecule has 0 aliphatic carbocycles. The predicted molar refractivity (Wildman–Crippen MR) is 134 cm³/mol. The first-order valence-electron chi connectivity index (χ1n) is 11.2. The maximum absolute atomic E-state index is 13.2. The lowest BCUT2D eigenvalue weighted by molar-refractivity contribution is -0.384. The van der Waals surface area contributed by atoms with Gasteiger partial charge in [-0.1, -0.05) is 60.2 Å². The summed E-state index contributed by atoms with van der Waals surface area (Å²) in [6.45, 7) is 2.33. The van der Waals surface area contributed by atoms with Crippen molar-refractivity contribution in [2.45, 2.75) is 19.6 Å². The zero-order chi connectivity index (χ0) is 25.5. The quantitative estimate of drug-likeness (QED) is 0.121. The number of benzene rings is 4. The molecule has 0 aliphatic heterocycles. The van der Waals surface area contributed by atoms with Gasteiger partial charge in [0.05, 0.1) is 10.5 Å². The fourth-order valence-electron chi connectivity index (χ4n) is 3.51. The minimum absolute atomic E-state index is 0.126. The number of esters is 1. The van der Waals surface area contributed by atoms with E-state index >= 15 is 0 Å². The van der Waals surface area contributed by atoms with E-state index in [1.165, 1.54) is 24.3 Å². The Kier molecular flexibility index (Phi) is 7.51. The first-order valence-corrected chi connectivity index (χ1v) is 11.2. The molecule has 0 N–H and O–H groups in total. The molecule has 0 radical (unpaired) electrons. The zero-order valence-electron chi connectivity index (χ0n) is 19.5. The second-order valence-electron chi connectivity index (χ2n) is 8.16. The van der Waals surface area contributed by atoms with Crippen LogP contribution in [0.3, 0.4) is 0 Å². The van der Waals surface area contributed by atoms with E-state index < -0.39 is 22.8 Å². The van der Waals surface area contributed by atoms with Gasteiger partial charge in [-0.15, -0.1) is 0 Å². The fourth-order valence-corrected chi connectivity index (χ4v) is 3.51. The molecule has 0 spiro atoms. The maximum Gasteiger partial charge on any atom is 0.339 e. The highest BCUT2D eigenvalue weighted by molar-refractivity contribution is 6.02. The molecule has 0 aliphatic rings. The number of nitrogens with zero attached hydrogens (tertiary/aromatic N) is 1. The van der Waals surface area contributed by atoms with Gasteiger partial charge in [0.1, 0.15) is 12.4 Å². The van der Waals surface area contributed by atoms with E-state index in [9.17, 15) is 19.7 Å². The molecule has 36 heavy (non-hydrogen) atoms. The fraction of sp³-hybridized carbons (Fsp3) is 0.103. The molecule has 1 atom stereocenters. The van der Waals surface area contributed by atoms with Crippen LogP contribution in [-0.2, 0) is 11.3 Å². The van der Waals surface area contributed by atoms with Gasteiger partial charge in [-0.2, -0.15) is 0 Å². The summed E-state index contributed by atoms with van der Waals surface area (Å²) in [6, 6.07) is 28.3. The van der Waals surface area contributed by atoms with Gasteiger partial charge in [0, 0.05) is 23.3 Å². The number of hydrogen-bond acceptors (Lipinski definition) is 6. The van der Waals surface area contributed by atoms with Crippen LogP contribution in [0.5, 0.6) is 5.75 Å². The number of non-ortho nitro benzene ring substituents is 1. The van der Waals surface area contributed by atoms with E-state index in [0.717, 1.165) is 16.9 Å². The van der Waals surface area contributed by atoms with E-state index in [1.54, 1.807) is 54.6 Å². The van der Waals surface area contributed by atoms with Gasteiger partial charge in [-0.25, -0.2) is 4.79 Å². The molecule has 0 unspecified atom stereocenters. The van der Waals surface area contributed by atoms with Crippen molar-refractivity contribution in [2.75, 3.05) is 0 Å². The van der Waals surface area contributed by atoms with Gasteiger partial charge in [0.2, 0.25) is 5.78 Å². The molecule has 0 fully saturated rings. The lowest BCUT2D eigenvalue weighted by atomic mass is 9.99. The molecule has 4 rings (SSSR count). The summed E-state index contributed by atoms with van der Waals surface area (Å²) in [7, 11) is 0. The molecular weight excluding hydrogens is 458 g/mol. The number of rotatable bonds is 9. The van der Waals surface area contributed by atoms with Crippen LogP contribution in [0.2, 0.25) is 0 Å². The van der Waals surface area contributed by atoms with E-state index in [2.05, 4.69) is 0 Å². The molecule has 0 bridgehead atoms. The number of carbonyl (C=O) groups excluding carboxylic acids is 2. The van der Waals surface area contributed by atoms with Crippen molar-refractivity contribution >= 4 is 17.4 Å². The normalized spacial score (nSPS) is 11.4. The molecule has 7 heteroatoms. The molecule has 0 amide bonds. The Bertz CT molecular complexity index is 1350. The first kappa shape index (κ1) is 24.3. The molecule has 4 aromatic carbocycles. The first-order chi connectivity index (χ1) is 17.4. The Labute approximate surface area is 208 Å². The minimum Gasteiger partial charge on any atom is -0.489 e. The van der Waals surface area contributed by atoms with Crippen molar-refractivity contribution in [2.24, 2.45) is 0 Å². The van der Waals surface area contributed by atoms with E-state index in [-0.39, 0.29) is 11.3 Å². The van der Waals surface area contributed by atoms with Crippen LogP contribution in [-0.4, -0.2) is 16.7 Å². The van der Waals surface area contributed by atoms with Crippen LogP contribution in [0, 0.1) is 17.0 Å². The van der Waals surface area contributed by atoms with Crippen molar-refractivity contribution in [3.63, 3.8) is 0 Å². The highest BCUT2D eigenvalue weighted by Crippen LogP contribution is 2.26. The minimum atomic E-state index is -1.26. The van der Waals surface area contributed by atoms with Crippen LogP contribution in [0.15, 0.2) is 103 Å². The number of nitro groups is 1. The van der Waals surface area contributed by atoms with Gasteiger partial charge in [0.25, 0.3) is 5.69 Å². The standard InChI is InChI=1S/C29H23NO6/c1-20-7-17-26(18-8-20)35-19-21-9-11-24(12-10-21)29(32)36-28(27(31)22-5-3-2-4-6-22)23-13-15-25(16-14-23)30(33)34/h2-18,28H,19H2,1H3/t28-/m0/s1. The summed E-state index contributed by atoms with van der Waals surface area (Å²) in [5.41, 5.74) is 2.84. The smallest absolute Gasteiger partial charge is 0.339 e. The van der Waals surface area contributed by atoms with Crippen molar-refractivity contribution in [3.8, 4) is 5.75 Å². The summed E-state index contributed by atoms with van der Waals surface area (Å²) in [5, 5.41) is 11.0. The Balaban J connectivity index is 1.50. The Hall–Kier alpha value is -4.78. The van der Waals surface area contributed by atoms with Crippen molar-refractivity contribution in [3.05, 3.63) is 141 Å². The number of ether oxygens (including phenoxy) is 2. The van der Waals surface area contributed by atoms with E-state index in [1.807, 2.05) is 31.2 Å². The Morgan fingerprint density at radius 2 is 1.44 bits per heavy atom. The average molecular weight is 482 g/mol. The average Bonchev–Trinajstić information content (AvgIpc) is 2.92. The lowest BCUT2D eigenvalue weighted by Gasteiger charge is -2.17. The maximum atomic E-state index is 13.2. The summed E-state index contributed by atoms with van der Waals surface area (Å²) in [4.78, 5) is 36.6. The van der Waals surface area contributed by atoms with Gasteiger partial charge in [-0.3, -0.25) is 14.9 Å². The van der Waals surface area contributed by atoms with Gasteiger partial charge < -0.3 is 9.47 Å². The second kappa shape index (κ2) is 11.1. The predicted octanol–water partition coefficient (Wildman–Crippen LogP) is 6.26. The molecule has 0 heterocycles. The van der Waals surface area contributed by atoms with Crippen molar-refractivity contribution in [1.29, 1.82) is 0 Å². The third-order valence-corrected chi connectivity index (χ3v) is 5.54. The Morgan fingerprint density at radius 1 is 0.806 bits per heavy atom. The number of aryl methyl sites for hydroxylation is 1. The number of carbonyl (C=O) groups is 2. The number of nitro benzene ring substituents is 1. The summed E-state index contributed by atoms with van der Waals surface area (Å²) in [6.07, 6.45) is -1.26. The third kappa shape index (κ3) is 6.01. The lowest BCUT2D eigenvalue weighted by Crippen LogP contribution is -2.20. The largest absolute Gasteiger partial charge is 0.489 e. The van der Waals surface area contributed by atoms with Crippen LogP contribution in [0.25, 0.3) is 0 Å². The molecule has 180 valence electrons. The molecule has 0 saturated heterocycles. The topological polar surface area (TPSA) is 95.7 Å². The van der Waals surface area contributed by atoms with Crippen LogP contribution < -0.4 is 4.74 Å². The highest BCUT2D eigenvalue weighted by atomic mass is 16.6. The zero-order valence-corrected chi connectivity index (χ0v) is 19.5. The van der Waals surface area contributed by atoms with Crippen LogP contribution >= 0.6 is 0 Å². The van der Waals surface area contributed by atoms with E-state index in [0.29, 0.717) is 17.7 Å². The van der Waals surface area contributed by atoms with Crippen molar-refractivity contribution < 1.29 is 24.0 Å². The van der Waals surface area contributed by atoms with Crippen LogP contribution in [0.4, 0.5) is 5.69 Å². The number of ketones is 1. The van der Waals surface area contributed by atoms with Crippen molar-refractivity contribution in [1.82, 2.24) is 0 Å². The third-order valence-electron chi connectivity index (χ3n) is 5.54. The number of hydrogen-bond donors (Lipinski definition) is 0. The highest BCUT2D eigenvalue weighted by Gasteiger charge is 2.27. The molecule has 4 aromatic rings. The number of Topliss-reactive ketones (excluding diaryl/α,β-unsaturated/α-hetero) is 1. The summed E-state index contributed by atoms with van der Waals surface area (Å²) in [5.74, 6) is -0.371. The van der Waals surface area contributed by atoms with Gasteiger partial charge in [0.15, 0.2) is 6.10 Å². The SMILES string of the molecule is Cc1ccc(OCc2ccc(C(=O)O[C@H](C(=O)c3ccccc3)c3ccc([N+](=O)[O-])cc3)cc2)cc1. The second-order valence-corrected chi connectivity index (χ2v) is 8.16. The molecule has 0 saturated carbocycles. The molecular formula is C29H23NO6. The monoisotopic (exact) mass is 481 g/mol. The Morgan fingerprint density at radius 3 is 2.06 bits per heavy atom. The summed E-state index contributed by atoms with van der Waals surface area (Å²) >= 11 is 0. The van der Waals surface area contributed by atoms with E-state index in [4.69, 9.17) is 9.47 Å². The van der Waals surface area contributed by atoms with Crippen LogP contribution in [0.1, 0.15) is 43.5 Å².